The van der Waals surface area contributed by atoms with E-state index in [4.69, 9.17) is 4.74 Å². The molecule has 0 aliphatic heterocycles. The lowest BCUT2D eigenvalue weighted by Crippen LogP contribution is -2.10. The first-order valence-corrected chi connectivity index (χ1v) is 8.52. The molecule has 0 aromatic carbocycles. The molecular weight excluding hydrogens is 384 g/mol. The van der Waals surface area contributed by atoms with Crippen molar-refractivity contribution in [2.24, 2.45) is 0 Å². The van der Waals surface area contributed by atoms with Gasteiger partial charge in [-0.2, -0.15) is 14.5 Å². The van der Waals surface area contributed by atoms with E-state index < -0.39 is 6.43 Å². The van der Waals surface area contributed by atoms with Gasteiger partial charge in [0, 0.05) is 17.8 Å². The molecule has 0 saturated carbocycles. The number of ether oxygens (including phenoxy) is 1. The van der Waals surface area contributed by atoms with Crippen molar-refractivity contribution >= 4 is 0 Å². The van der Waals surface area contributed by atoms with Crippen molar-refractivity contribution in [1.82, 2.24) is 44.9 Å². The van der Waals surface area contributed by atoms with Crippen LogP contribution in [0.4, 0.5) is 8.78 Å². The van der Waals surface area contributed by atoms with Crippen LogP contribution in [0.25, 0.3) is 11.6 Å². The first kappa shape index (κ1) is 18.5. The molecule has 148 valence electrons. The van der Waals surface area contributed by atoms with Crippen LogP contribution in [-0.4, -0.2) is 44.9 Å². The summed E-state index contributed by atoms with van der Waals surface area (Å²) in [5, 5.41) is 20.2. The van der Waals surface area contributed by atoms with Gasteiger partial charge in [0.15, 0.2) is 11.6 Å². The van der Waals surface area contributed by atoms with Crippen LogP contribution in [0.2, 0.25) is 0 Å². The molecule has 0 amide bonds. The average Bonchev–Trinajstić information content (AvgIpc) is 3.32. The van der Waals surface area contributed by atoms with Crippen LogP contribution in [0, 0.1) is 13.8 Å². The molecule has 4 aromatic rings. The minimum atomic E-state index is -2.58. The van der Waals surface area contributed by atoms with E-state index in [-0.39, 0.29) is 12.2 Å². The molecule has 0 fully saturated rings. The molecule has 0 aliphatic carbocycles. The summed E-state index contributed by atoms with van der Waals surface area (Å²) in [7, 11) is 0. The lowest BCUT2D eigenvalue weighted by molar-refractivity contribution is 0.151. The zero-order valence-corrected chi connectivity index (χ0v) is 15.4. The number of alkyl halides is 2. The van der Waals surface area contributed by atoms with E-state index in [1.54, 1.807) is 30.7 Å². The van der Waals surface area contributed by atoms with Crippen molar-refractivity contribution in [3.05, 3.63) is 59.6 Å². The minimum absolute atomic E-state index is 0.0908. The van der Waals surface area contributed by atoms with E-state index in [2.05, 4.69) is 35.6 Å². The second-order valence-electron chi connectivity index (χ2n) is 6.02. The van der Waals surface area contributed by atoms with Gasteiger partial charge in [-0.15, -0.1) is 15.3 Å². The Bertz CT molecular complexity index is 1110. The number of halogens is 2. The Balaban J connectivity index is 1.50. The predicted molar refractivity (Wildman–Crippen MR) is 94.9 cm³/mol. The molecule has 0 bridgehead atoms. The van der Waals surface area contributed by atoms with Gasteiger partial charge in [0.05, 0.1) is 5.69 Å². The molecule has 0 unspecified atom stereocenters. The largest absolute Gasteiger partial charge is 0.470 e. The summed E-state index contributed by atoms with van der Waals surface area (Å²) in [6.07, 6.45) is -0.0437. The van der Waals surface area contributed by atoms with E-state index in [9.17, 15) is 8.78 Å². The molecule has 0 aliphatic rings. The van der Waals surface area contributed by atoms with E-state index in [1.165, 1.54) is 23.1 Å². The zero-order valence-electron chi connectivity index (χ0n) is 15.4. The van der Waals surface area contributed by atoms with Crippen LogP contribution >= 0.6 is 0 Å². The summed E-state index contributed by atoms with van der Waals surface area (Å²) in [4.78, 5) is 8.07. The molecule has 0 atom stereocenters. The fraction of sp³-hybridized carbons (Fsp3) is 0.235. The zero-order chi connectivity index (χ0) is 20.4. The number of nitrogens with zero attached hydrogens (tertiary/aromatic N) is 9. The fourth-order valence-corrected chi connectivity index (χ4v) is 2.55. The van der Waals surface area contributed by atoms with Crippen molar-refractivity contribution in [2.45, 2.75) is 26.9 Å². The number of hydrogen-bond acceptors (Lipinski definition) is 8. The van der Waals surface area contributed by atoms with Crippen molar-refractivity contribution < 1.29 is 13.5 Å². The van der Waals surface area contributed by atoms with Crippen LogP contribution in [0.1, 0.15) is 29.2 Å². The van der Waals surface area contributed by atoms with Crippen molar-refractivity contribution in [2.75, 3.05) is 0 Å². The van der Waals surface area contributed by atoms with Crippen LogP contribution in [-0.2, 0) is 6.61 Å². The summed E-state index contributed by atoms with van der Waals surface area (Å²) in [6, 6.07) is 6.11. The van der Waals surface area contributed by atoms with Gasteiger partial charge in [0.2, 0.25) is 5.88 Å². The Morgan fingerprint density at radius 3 is 2.41 bits per heavy atom. The molecule has 10 nitrogen and oxygen atoms in total. The van der Waals surface area contributed by atoms with Gasteiger partial charge >= 0.3 is 0 Å². The van der Waals surface area contributed by atoms with Crippen molar-refractivity contribution in [1.29, 1.82) is 0 Å². The Morgan fingerprint density at radius 1 is 0.966 bits per heavy atom. The third-order valence-corrected chi connectivity index (χ3v) is 4.12. The number of rotatable bonds is 6. The molecule has 0 radical (unpaired) electrons. The van der Waals surface area contributed by atoms with Crippen molar-refractivity contribution in [3.8, 4) is 17.5 Å². The monoisotopic (exact) mass is 399 g/mol. The molecule has 4 aromatic heterocycles. The molecule has 0 N–H and O–H groups in total. The smallest absolute Gasteiger partial charge is 0.265 e. The second kappa shape index (κ2) is 7.66. The Morgan fingerprint density at radius 2 is 1.79 bits per heavy atom. The van der Waals surface area contributed by atoms with Crippen LogP contribution in [0.15, 0.2) is 36.8 Å². The van der Waals surface area contributed by atoms with Gasteiger partial charge in [-0.3, -0.25) is 0 Å². The first-order valence-electron chi connectivity index (χ1n) is 8.52. The molecule has 4 rings (SSSR count). The minimum Gasteiger partial charge on any atom is -0.470 e. The van der Waals surface area contributed by atoms with Gasteiger partial charge in [0.25, 0.3) is 6.43 Å². The van der Waals surface area contributed by atoms with Crippen LogP contribution < -0.4 is 4.74 Å². The highest BCUT2D eigenvalue weighted by Crippen LogP contribution is 2.19. The summed E-state index contributed by atoms with van der Waals surface area (Å²) in [5.41, 5.74) is 1.06. The maximum atomic E-state index is 12.7. The summed E-state index contributed by atoms with van der Waals surface area (Å²) < 4.78 is 34.1. The second-order valence-corrected chi connectivity index (χ2v) is 6.02. The highest BCUT2D eigenvalue weighted by atomic mass is 19.3. The Hall–Kier alpha value is -3.83. The topological polar surface area (TPSA) is 109 Å². The first-order chi connectivity index (χ1) is 14.0. The highest BCUT2D eigenvalue weighted by molar-refractivity contribution is 5.29. The summed E-state index contributed by atoms with van der Waals surface area (Å²) >= 11 is 0. The van der Waals surface area contributed by atoms with Crippen LogP contribution in [0.5, 0.6) is 5.88 Å². The Labute approximate surface area is 163 Å². The summed E-state index contributed by atoms with van der Waals surface area (Å²) in [5.74, 6) is 1.85. The number of pyridine rings is 1. The highest BCUT2D eigenvalue weighted by Gasteiger charge is 2.15. The Kier molecular flexibility index (Phi) is 4.89. The van der Waals surface area contributed by atoms with Gasteiger partial charge < -0.3 is 4.74 Å². The molecule has 4 heterocycles. The van der Waals surface area contributed by atoms with E-state index in [0.29, 0.717) is 34.7 Å². The lowest BCUT2D eigenvalue weighted by Gasteiger charge is -2.09. The number of aryl methyl sites for hydroxylation is 2. The van der Waals surface area contributed by atoms with Gasteiger partial charge in [0.1, 0.15) is 24.5 Å². The summed E-state index contributed by atoms with van der Waals surface area (Å²) in [6.45, 7) is 3.66. The van der Waals surface area contributed by atoms with Gasteiger partial charge in [-0.1, -0.05) is 5.21 Å². The molecule has 0 spiro atoms. The predicted octanol–water partition coefficient (Wildman–Crippen LogP) is 2.17. The van der Waals surface area contributed by atoms with Crippen LogP contribution in [0.3, 0.4) is 0 Å². The van der Waals surface area contributed by atoms with Crippen molar-refractivity contribution in [3.63, 3.8) is 0 Å². The molecule has 29 heavy (non-hydrogen) atoms. The molecule has 12 heteroatoms. The maximum absolute atomic E-state index is 12.7. The normalized spacial score (nSPS) is 11.2. The maximum Gasteiger partial charge on any atom is 0.265 e. The standard InChI is InChI=1S/C17H15F2N9O/c1-10-13(28(26-23-10)14-4-3-12(7-20-14)17(18)19)8-29-16-6-5-15(24-25-16)27-11(2)21-9-22-27/h3-7,9,17H,8H2,1-2H3. The number of hydrogen-bond donors (Lipinski definition) is 0. The SMILES string of the molecule is Cc1nnn(-c2ccc(C(F)F)cn2)c1COc1ccc(-n2ncnc2C)nn1. The quantitative estimate of drug-likeness (QED) is 0.485. The third kappa shape index (κ3) is 3.77. The molecule has 0 saturated heterocycles. The van der Waals surface area contributed by atoms with E-state index in [0.717, 1.165) is 6.20 Å². The van der Waals surface area contributed by atoms with Gasteiger partial charge in [-0.25, -0.2) is 18.7 Å². The third-order valence-electron chi connectivity index (χ3n) is 4.12. The fourth-order valence-electron chi connectivity index (χ4n) is 2.55. The average molecular weight is 399 g/mol. The van der Waals surface area contributed by atoms with E-state index >= 15 is 0 Å². The molecular formula is C17H15F2N9O. The number of aromatic nitrogens is 9. The lowest BCUT2D eigenvalue weighted by atomic mass is 10.3. The van der Waals surface area contributed by atoms with Gasteiger partial charge in [-0.05, 0) is 32.0 Å². The van der Waals surface area contributed by atoms with E-state index in [1.807, 2.05) is 0 Å².